The Balaban J connectivity index is 1.35. The molecule has 0 spiro atoms. The molecule has 1 heterocycles. The number of ether oxygens (including phenoxy) is 1. The number of carbonyl (C=O) groups is 1. The van der Waals surface area contributed by atoms with Crippen LogP contribution in [0.5, 0.6) is 5.75 Å². The Morgan fingerprint density at radius 2 is 1.97 bits per heavy atom. The molecule has 150 valence electrons. The van der Waals surface area contributed by atoms with Crippen molar-refractivity contribution in [3.05, 3.63) is 70.9 Å². The number of aromatic nitrogens is 2. The van der Waals surface area contributed by atoms with Gasteiger partial charge in [-0.05, 0) is 61.9 Å². The Morgan fingerprint density at radius 1 is 1.17 bits per heavy atom. The van der Waals surface area contributed by atoms with Crippen molar-refractivity contribution < 1.29 is 18.3 Å². The van der Waals surface area contributed by atoms with Crippen molar-refractivity contribution in [2.75, 3.05) is 5.75 Å². The van der Waals surface area contributed by atoms with Crippen LogP contribution < -0.4 is 4.74 Å². The monoisotopic (exact) mass is 412 g/mol. The van der Waals surface area contributed by atoms with Gasteiger partial charge in [0.25, 0.3) is 11.1 Å². The summed E-state index contributed by atoms with van der Waals surface area (Å²) in [6.07, 6.45) is 3.92. The molecule has 29 heavy (non-hydrogen) atoms. The van der Waals surface area contributed by atoms with Crippen LogP contribution in [0.25, 0.3) is 0 Å². The lowest BCUT2D eigenvalue weighted by Crippen LogP contribution is -2.07. The first-order valence-corrected chi connectivity index (χ1v) is 10.6. The van der Waals surface area contributed by atoms with E-state index in [2.05, 4.69) is 16.3 Å². The van der Waals surface area contributed by atoms with E-state index in [-0.39, 0.29) is 28.4 Å². The van der Waals surface area contributed by atoms with E-state index in [1.54, 1.807) is 19.1 Å². The van der Waals surface area contributed by atoms with Crippen LogP contribution in [0, 0.1) is 5.82 Å². The smallest absolute Gasteiger partial charge is 0.277 e. The third-order valence-corrected chi connectivity index (χ3v) is 5.73. The van der Waals surface area contributed by atoms with Crippen molar-refractivity contribution in [1.82, 2.24) is 10.2 Å². The van der Waals surface area contributed by atoms with Crippen molar-refractivity contribution in [3.63, 3.8) is 0 Å². The van der Waals surface area contributed by atoms with Crippen molar-refractivity contribution in [3.8, 4) is 5.75 Å². The summed E-state index contributed by atoms with van der Waals surface area (Å²) in [5.41, 5.74) is 3.35. The summed E-state index contributed by atoms with van der Waals surface area (Å²) in [5.74, 6) is 0.137. The Labute approximate surface area is 172 Å². The number of nitrogens with zero attached hydrogens (tertiary/aromatic N) is 2. The fraction of sp³-hybridized carbons (Fsp3) is 0.318. The molecular formula is C22H21FN2O3S. The number of fused-ring (bicyclic) bond motifs is 1. The van der Waals surface area contributed by atoms with Crippen molar-refractivity contribution in [2.45, 2.75) is 43.9 Å². The summed E-state index contributed by atoms with van der Waals surface area (Å²) in [6, 6.07) is 12.1. The predicted molar refractivity (Wildman–Crippen MR) is 108 cm³/mol. The average Bonchev–Trinajstić information content (AvgIpc) is 3.22. The summed E-state index contributed by atoms with van der Waals surface area (Å²) in [6.45, 7) is 1.70. The first-order chi connectivity index (χ1) is 14.1. The Hall–Kier alpha value is -2.67. The summed E-state index contributed by atoms with van der Waals surface area (Å²) in [5, 5.41) is 8.20. The minimum Gasteiger partial charge on any atom is -0.478 e. The quantitative estimate of drug-likeness (QED) is 0.392. The van der Waals surface area contributed by atoms with E-state index in [9.17, 15) is 9.18 Å². The Bertz CT molecular complexity index is 1020. The van der Waals surface area contributed by atoms with Gasteiger partial charge >= 0.3 is 0 Å². The van der Waals surface area contributed by atoms with Crippen LogP contribution in [-0.2, 0) is 12.8 Å². The third-order valence-electron chi connectivity index (χ3n) is 4.91. The van der Waals surface area contributed by atoms with E-state index >= 15 is 0 Å². The maximum Gasteiger partial charge on any atom is 0.277 e. The molecule has 0 N–H and O–H groups in total. The standard InChI is InChI=1S/C22H21FN2O3S/c1-14(27-20-9-5-4-8-18(20)23)21-24-25-22(28-21)29-13-19(26)17-11-10-15-6-2-3-7-16(15)12-17/h4-5,8-12,14H,2-3,6-7,13H2,1H3. The number of aryl methyl sites for hydroxylation is 2. The number of Topliss-reactive ketones (excluding diaryl/α,β-unsaturated/α-hetero) is 1. The van der Waals surface area contributed by atoms with Crippen LogP contribution in [0.2, 0.25) is 0 Å². The van der Waals surface area contributed by atoms with Crippen LogP contribution in [-0.4, -0.2) is 21.7 Å². The maximum atomic E-state index is 13.7. The molecule has 2 aromatic carbocycles. The molecule has 0 aliphatic heterocycles. The normalized spacial score (nSPS) is 14.3. The number of para-hydroxylation sites is 1. The number of hydrogen-bond acceptors (Lipinski definition) is 6. The lowest BCUT2D eigenvalue weighted by Gasteiger charge is -2.16. The lowest BCUT2D eigenvalue weighted by molar-refractivity contribution is 0.102. The zero-order valence-electron chi connectivity index (χ0n) is 16.1. The Kier molecular flexibility index (Phi) is 5.94. The molecule has 0 radical (unpaired) electrons. The predicted octanol–water partition coefficient (Wildman–Crippen LogP) is 5.20. The summed E-state index contributed by atoms with van der Waals surface area (Å²) in [7, 11) is 0. The molecule has 1 unspecified atom stereocenters. The van der Waals surface area contributed by atoms with Gasteiger partial charge in [0.05, 0.1) is 5.75 Å². The van der Waals surface area contributed by atoms with Gasteiger partial charge in [-0.3, -0.25) is 4.79 Å². The zero-order chi connectivity index (χ0) is 20.2. The van der Waals surface area contributed by atoms with Crippen LogP contribution in [0.4, 0.5) is 4.39 Å². The van der Waals surface area contributed by atoms with Gasteiger partial charge in [-0.25, -0.2) is 4.39 Å². The molecule has 1 aliphatic rings. The van der Waals surface area contributed by atoms with Gasteiger partial charge in [0.15, 0.2) is 23.5 Å². The molecule has 7 heteroatoms. The number of hydrogen-bond donors (Lipinski definition) is 0. The lowest BCUT2D eigenvalue weighted by atomic mass is 9.90. The number of ketones is 1. The van der Waals surface area contributed by atoms with Gasteiger partial charge in [-0.2, -0.15) is 0 Å². The van der Waals surface area contributed by atoms with Gasteiger partial charge < -0.3 is 9.15 Å². The third kappa shape index (κ3) is 4.67. The van der Waals surface area contributed by atoms with Crippen LogP contribution >= 0.6 is 11.8 Å². The van der Waals surface area contributed by atoms with E-state index in [0.717, 1.165) is 12.8 Å². The molecule has 5 nitrogen and oxygen atoms in total. The summed E-state index contributed by atoms with van der Waals surface area (Å²) < 4.78 is 24.8. The molecule has 0 saturated carbocycles. The number of carbonyl (C=O) groups excluding carboxylic acids is 1. The molecule has 1 aliphatic carbocycles. The highest BCUT2D eigenvalue weighted by Gasteiger charge is 2.19. The van der Waals surface area contributed by atoms with E-state index in [0.29, 0.717) is 5.56 Å². The van der Waals surface area contributed by atoms with Gasteiger partial charge in [-0.1, -0.05) is 36.0 Å². The number of thioether (sulfide) groups is 1. The molecule has 3 aromatic rings. The highest BCUT2D eigenvalue weighted by Crippen LogP contribution is 2.27. The highest BCUT2D eigenvalue weighted by atomic mass is 32.2. The Morgan fingerprint density at radius 3 is 2.79 bits per heavy atom. The van der Waals surface area contributed by atoms with Crippen molar-refractivity contribution in [1.29, 1.82) is 0 Å². The molecule has 0 fully saturated rings. The van der Waals surface area contributed by atoms with E-state index < -0.39 is 11.9 Å². The first kappa shape index (κ1) is 19.6. The fourth-order valence-electron chi connectivity index (χ4n) is 3.34. The van der Waals surface area contributed by atoms with Gasteiger partial charge in [0.1, 0.15) is 0 Å². The van der Waals surface area contributed by atoms with Gasteiger partial charge in [0.2, 0.25) is 0 Å². The van der Waals surface area contributed by atoms with Gasteiger partial charge in [-0.15, -0.1) is 10.2 Å². The largest absolute Gasteiger partial charge is 0.478 e. The number of halogens is 1. The van der Waals surface area contributed by atoms with E-state index in [1.165, 1.54) is 47.9 Å². The molecule has 1 aromatic heterocycles. The number of rotatable bonds is 7. The second kappa shape index (κ2) is 8.78. The molecular weight excluding hydrogens is 391 g/mol. The van der Waals surface area contributed by atoms with E-state index in [1.807, 2.05) is 12.1 Å². The SMILES string of the molecule is CC(Oc1ccccc1F)c1nnc(SCC(=O)c2ccc3c(c2)CCCC3)o1. The second-order valence-corrected chi connectivity index (χ2v) is 7.93. The van der Waals surface area contributed by atoms with Crippen LogP contribution in [0.15, 0.2) is 52.1 Å². The van der Waals surface area contributed by atoms with Crippen LogP contribution in [0.3, 0.4) is 0 Å². The molecule has 4 rings (SSSR count). The average molecular weight is 412 g/mol. The summed E-state index contributed by atoms with van der Waals surface area (Å²) in [4.78, 5) is 12.5. The fourth-order valence-corrected chi connectivity index (χ4v) is 4.01. The number of benzene rings is 2. The minimum atomic E-state index is -0.606. The highest BCUT2D eigenvalue weighted by molar-refractivity contribution is 7.99. The molecule has 0 bridgehead atoms. The van der Waals surface area contributed by atoms with Gasteiger partial charge in [0, 0.05) is 5.56 Å². The molecule has 1 atom stereocenters. The zero-order valence-corrected chi connectivity index (χ0v) is 16.9. The minimum absolute atomic E-state index is 0.0266. The van der Waals surface area contributed by atoms with Crippen molar-refractivity contribution in [2.24, 2.45) is 0 Å². The van der Waals surface area contributed by atoms with E-state index in [4.69, 9.17) is 9.15 Å². The first-order valence-electron chi connectivity index (χ1n) is 9.62. The maximum absolute atomic E-state index is 13.7. The van der Waals surface area contributed by atoms with Crippen molar-refractivity contribution >= 4 is 17.5 Å². The molecule has 0 amide bonds. The topological polar surface area (TPSA) is 65.2 Å². The molecule has 0 saturated heterocycles. The second-order valence-electron chi connectivity index (χ2n) is 7.00. The van der Waals surface area contributed by atoms with Crippen LogP contribution in [0.1, 0.15) is 53.2 Å². The summed E-state index contributed by atoms with van der Waals surface area (Å²) >= 11 is 1.19.